The molecule has 3 aromatic carbocycles. The highest BCUT2D eigenvalue weighted by atomic mass is 32.2. The number of aliphatic imine (C=N–C) groups is 1. The lowest BCUT2D eigenvalue weighted by Gasteiger charge is -2.36. The minimum Gasteiger partial charge on any atom is -0.497 e. The molecule has 0 aromatic heterocycles. The Morgan fingerprint density at radius 2 is 1.71 bits per heavy atom. The number of carbonyl (C=O) groups is 3. The van der Waals surface area contributed by atoms with Gasteiger partial charge in [0.15, 0.2) is 5.96 Å². The second-order valence-corrected chi connectivity index (χ2v) is 15.4. The Bertz CT molecular complexity index is 1820. The Morgan fingerprint density at radius 3 is 2.35 bits per heavy atom. The molecule has 0 spiro atoms. The molecular weight excluding hydrogens is 673 g/mol. The van der Waals surface area contributed by atoms with Gasteiger partial charge in [-0.1, -0.05) is 51.1 Å². The van der Waals surface area contributed by atoms with Gasteiger partial charge in [-0.15, -0.1) is 0 Å². The van der Waals surface area contributed by atoms with Crippen molar-refractivity contribution in [2.45, 2.75) is 63.6 Å². The molecule has 5 rings (SSSR count). The lowest BCUT2D eigenvalue weighted by atomic mass is 9.84. The molecule has 1 saturated heterocycles. The maximum absolute atomic E-state index is 13.9. The average Bonchev–Trinajstić information content (AvgIpc) is 3.56. The molecule has 1 atom stereocenters. The summed E-state index contributed by atoms with van der Waals surface area (Å²) in [5.74, 6) is 0.391. The Balaban J connectivity index is 1.20. The van der Waals surface area contributed by atoms with Crippen LogP contribution in [0.15, 0.2) is 82.7 Å². The van der Waals surface area contributed by atoms with Crippen LogP contribution < -0.4 is 25.2 Å². The van der Waals surface area contributed by atoms with Gasteiger partial charge in [0.25, 0.3) is 15.9 Å². The summed E-state index contributed by atoms with van der Waals surface area (Å²) in [5, 5.41) is 6.59. The van der Waals surface area contributed by atoms with Crippen molar-refractivity contribution in [1.29, 1.82) is 0 Å². The molecule has 0 radical (unpaired) electrons. The number of amides is 1. The summed E-state index contributed by atoms with van der Waals surface area (Å²) in [6.45, 7) is 9.21. The van der Waals surface area contributed by atoms with Gasteiger partial charge in [0, 0.05) is 49.5 Å². The predicted octanol–water partition coefficient (Wildman–Crippen LogP) is 3.91. The van der Waals surface area contributed by atoms with E-state index in [-0.39, 0.29) is 17.4 Å². The van der Waals surface area contributed by atoms with Crippen LogP contribution in [0.1, 0.15) is 66.3 Å². The van der Waals surface area contributed by atoms with Gasteiger partial charge in [-0.2, -0.15) is 0 Å². The standard InChI is InChI=1S/C37H46N6O7S/c1-37(2,3)33(23-34(45)50-41-51(47,48)30-8-6-5-7-9-30)40-35(46)31-22-27(25-44)12-15-32(31)42-19-16-28(17-20-42)39-36-38-18-21-43(36)24-26-10-13-29(49-4)14-11-26/h5-15,22,25,28,33,41H,16-21,23-24H2,1-4H3,(H,38,39)(H,40,46)/t33-/m0/s1. The number of carbonyl (C=O) groups excluding carboxylic acids is 3. The summed E-state index contributed by atoms with van der Waals surface area (Å²) < 4.78 is 30.3. The van der Waals surface area contributed by atoms with Crippen LogP contribution in [0.25, 0.3) is 0 Å². The third kappa shape index (κ3) is 9.85. The van der Waals surface area contributed by atoms with Crippen LogP contribution in [-0.2, 0) is 26.2 Å². The van der Waals surface area contributed by atoms with E-state index in [1.165, 1.54) is 17.7 Å². The second kappa shape index (κ2) is 16.4. The lowest BCUT2D eigenvalue weighted by molar-refractivity contribution is -0.148. The van der Waals surface area contributed by atoms with E-state index in [4.69, 9.17) is 14.6 Å². The molecule has 51 heavy (non-hydrogen) atoms. The number of guanidine groups is 1. The number of benzene rings is 3. The summed E-state index contributed by atoms with van der Waals surface area (Å²) in [6, 6.07) is 20.1. The van der Waals surface area contributed by atoms with Crippen molar-refractivity contribution >= 4 is 39.8 Å². The van der Waals surface area contributed by atoms with Crippen molar-refractivity contribution in [3.63, 3.8) is 0 Å². The molecule has 2 aliphatic rings. The second-order valence-electron chi connectivity index (χ2n) is 13.7. The number of aldehydes is 1. The monoisotopic (exact) mass is 718 g/mol. The summed E-state index contributed by atoms with van der Waals surface area (Å²) in [5.41, 5.74) is 1.90. The van der Waals surface area contributed by atoms with Crippen LogP contribution in [-0.4, -0.2) is 82.8 Å². The first-order chi connectivity index (χ1) is 24.4. The van der Waals surface area contributed by atoms with Crippen molar-refractivity contribution < 1.29 is 32.4 Å². The SMILES string of the molecule is COc1ccc(CN2CCN=C2NC2CCN(c3ccc(C=O)cc3C(=O)N[C@@H](CC(=O)ONS(=O)(=O)c3ccccc3)C(C)(C)C)CC2)cc1. The summed E-state index contributed by atoms with van der Waals surface area (Å²) in [6.07, 6.45) is 2.00. The Hall–Kier alpha value is -4.95. The van der Waals surface area contributed by atoms with Crippen molar-refractivity contribution in [3.8, 4) is 5.75 Å². The summed E-state index contributed by atoms with van der Waals surface area (Å²) in [4.78, 5) is 54.3. The van der Waals surface area contributed by atoms with E-state index >= 15 is 0 Å². The topological polar surface area (TPSA) is 159 Å². The molecule has 3 aromatic rings. The minimum atomic E-state index is -4.08. The van der Waals surface area contributed by atoms with Gasteiger partial charge >= 0.3 is 5.97 Å². The molecule has 272 valence electrons. The van der Waals surface area contributed by atoms with Crippen LogP contribution >= 0.6 is 0 Å². The van der Waals surface area contributed by atoms with Gasteiger partial charge in [-0.05, 0) is 71.2 Å². The molecule has 0 bridgehead atoms. The van der Waals surface area contributed by atoms with E-state index in [1.54, 1.807) is 43.5 Å². The van der Waals surface area contributed by atoms with Crippen molar-refractivity contribution in [2.24, 2.45) is 10.4 Å². The number of nitrogens with zero attached hydrogens (tertiary/aromatic N) is 3. The maximum Gasteiger partial charge on any atom is 0.328 e. The van der Waals surface area contributed by atoms with E-state index in [1.807, 2.05) is 37.8 Å². The fraction of sp³-hybridized carbons (Fsp3) is 0.405. The molecule has 2 heterocycles. The number of hydrogen-bond donors (Lipinski definition) is 3. The van der Waals surface area contributed by atoms with Crippen LogP contribution in [0.5, 0.6) is 5.75 Å². The van der Waals surface area contributed by atoms with Crippen molar-refractivity contribution in [2.75, 3.05) is 38.2 Å². The van der Waals surface area contributed by atoms with Gasteiger partial charge in [-0.3, -0.25) is 19.4 Å². The van der Waals surface area contributed by atoms with Gasteiger partial charge < -0.3 is 30.0 Å². The highest BCUT2D eigenvalue weighted by Gasteiger charge is 2.32. The smallest absolute Gasteiger partial charge is 0.328 e. The fourth-order valence-electron chi connectivity index (χ4n) is 6.02. The summed E-state index contributed by atoms with van der Waals surface area (Å²) >= 11 is 0. The van der Waals surface area contributed by atoms with Crippen LogP contribution in [0.3, 0.4) is 0 Å². The van der Waals surface area contributed by atoms with Gasteiger partial charge in [-0.25, -0.2) is 8.42 Å². The van der Waals surface area contributed by atoms with Crippen molar-refractivity contribution in [3.05, 3.63) is 89.5 Å². The Kier molecular flexibility index (Phi) is 12.0. The van der Waals surface area contributed by atoms with Crippen molar-refractivity contribution in [1.82, 2.24) is 20.4 Å². The van der Waals surface area contributed by atoms with E-state index in [0.717, 1.165) is 44.2 Å². The quantitative estimate of drug-likeness (QED) is 0.175. The number of nitrogens with one attached hydrogen (secondary N) is 3. The predicted molar refractivity (Wildman–Crippen MR) is 194 cm³/mol. The average molecular weight is 719 g/mol. The normalized spacial score (nSPS) is 15.9. The number of sulfonamides is 1. The molecular formula is C37H46N6O7S. The number of rotatable bonds is 13. The molecule has 1 amide bonds. The molecule has 3 N–H and O–H groups in total. The van der Waals surface area contributed by atoms with Gasteiger partial charge in [0.1, 0.15) is 12.0 Å². The van der Waals surface area contributed by atoms with E-state index in [9.17, 15) is 22.8 Å². The highest BCUT2D eigenvalue weighted by Crippen LogP contribution is 2.28. The first kappa shape index (κ1) is 37.3. The van der Waals surface area contributed by atoms with Crippen LogP contribution in [0.4, 0.5) is 5.69 Å². The maximum atomic E-state index is 13.9. The molecule has 13 nitrogen and oxygen atoms in total. The minimum absolute atomic E-state index is 0.0557. The zero-order chi connectivity index (χ0) is 36.6. The molecule has 14 heteroatoms. The summed E-state index contributed by atoms with van der Waals surface area (Å²) in [7, 11) is -2.43. The zero-order valence-corrected chi connectivity index (χ0v) is 30.2. The lowest BCUT2D eigenvalue weighted by Crippen LogP contribution is -2.49. The fourth-order valence-corrected chi connectivity index (χ4v) is 6.84. The molecule has 2 aliphatic heterocycles. The number of methoxy groups -OCH3 is 1. The Labute approximate surface area is 299 Å². The zero-order valence-electron chi connectivity index (χ0n) is 29.4. The largest absolute Gasteiger partial charge is 0.497 e. The van der Waals surface area contributed by atoms with Crippen LogP contribution in [0, 0.1) is 5.41 Å². The molecule has 0 saturated carbocycles. The van der Waals surface area contributed by atoms with E-state index in [0.29, 0.717) is 36.2 Å². The highest BCUT2D eigenvalue weighted by molar-refractivity contribution is 7.89. The van der Waals surface area contributed by atoms with E-state index < -0.39 is 33.4 Å². The first-order valence-electron chi connectivity index (χ1n) is 17.0. The third-order valence-electron chi connectivity index (χ3n) is 9.07. The van der Waals surface area contributed by atoms with Gasteiger partial charge in [0.2, 0.25) is 0 Å². The van der Waals surface area contributed by atoms with E-state index in [2.05, 4.69) is 32.6 Å². The molecule has 1 fully saturated rings. The Morgan fingerprint density at radius 1 is 1.00 bits per heavy atom. The van der Waals surface area contributed by atoms with Gasteiger partial charge in [0.05, 0.1) is 30.5 Å². The first-order valence-corrected chi connectivity index (χ1v) is 18.4. The number of ether oxygens (including phenoxy) is 1. The number of anilines is 1. The number of piperidine rings is 1. The third-order valence-corrected chi connectivity index (χ3v) is 10.3. The van der Waals surface area contributed by atoms with Crippen LogP contribution in [0.2, 0.25) is 0 Å². The number of hydrogen-bond acceptors (Lipinski definition) is 11. The molecule has 0 unspecified atom stereocenters. The molecule has 0 aliphatic carbocycles.